The SMILES string of the molecule is CCCCCCCCCCc1cc(C2=C(C)SC(=C3SC(C)=C(C)S3)S2)sc1C1=C(C)SC(=C2SC(C)=C(C)S2)S1. The summed E-state index contributed by atoms with van der Waals surface area (Å²) in [6.07, 6.45) is 12.2. The van der Waals surface area contributed by atoms with E-state index in [4.69, 9.17) is 0 Å². The first-order valence-corrected chi connectivity index (χ1v) is 21.9. The Labute approximate surface area is 286 Å². The minimum Gasteiger partial charge on any atom is -0.134 e. The first-order chi connectivity index (χ1) is 19.7. The molecule has 1 aromatic rings. The maximum atomic E-state index is 2.57. The van der Waals surface area contributed by atoms with Crippen molar-refractivity contribution in [1.29, 1.82) is 0 Å². The normalized spacial score (nSPS) is 20.1. The Bertz CT molecular complexity index is 1350. The molecule has 0 atom stereocenters. The van der Waals surface area contributed by atoms with Crippen molar-refractivity contribution in [2.24, 2.45) is 0 Å². The lowest BCUT2D eigenvalue weighted by Crippen LogP contribution is -1.88. The number of allylic oxidation sites excluding steroid dienone is 6. The first-order valence-electron chi connectivity index (χ1n) is 14.6. The average molecular weight is 713 g/mol. The second-order valence-electron chi connectivity index (χ2n) is 10.7. The molecule has 5 heterocycles. The molecule has 0 fully saturated rings. The highest BCUT2D eigenvalue weighted by molar-refractivity contribution is 8.36. The predicted octanol–water partition coefficient (Wildman–Crippen LogP) is 15.5. The van der Waals surface area contributed by atoms with Crippen molar-refractivity contribution in [3.8, 4) is 0 Å². The zero-order valence-corrected chi connectivity index (χ0v) is 32.5. The van der Waals surface area contributed by atoms with E-state index in [1.807, 2.05) is 94.1 Å². The minimum absolute atomic E-state index is 1.20. The molecule has 0 nitrogen and oxygen atoms in total. The highest BCUT2D eigenvalue weighted by Gasteiger charge is 2.31. The largest absolute Gasteiger partial charge is 0.134 e. The van der Waals surface area contributed by atoms with Crippen molar-refractivity contribution >= 4 is 115 Å². The fraction of sp³-hybridized carbons (Fsp3) is 0.500. The van der Waals surface area contributed by atoms with Crippen LogP contribution in [-0.4, -0.2) is 0 Å². The van der Waals surface area contributed by atoms with Gasteiger partial charge in [-0.05, 0) is 85.6 Å². The monoisotopic (exact) mass is 712 g/mol. The topological polar surface area (TPSA) is 0 Å². The van der Waals surface area contributed by atoms with Crippen molar-refractivity contribution in [2.75, 3.05) is 0 Å². The molecule has 222 valence electrons. The standard InChI is InChI=1S/C32H40S9/c1-8-9-10-11-12-13-14-15-16-24-17-25(26-22(6)37-31(40-26)29-33-18(2)19(3)34-29)39-28(24)27-23(7)38-32(41-27)30-35-20(4)21(5)36-30/h17H,8-16H2,1-7H3. The molecule has 9 heteroatoms. The van der Waals surface area contributed by atoms with Gasteiger partial charge in [0.2, 0.25) is 0 Å². The summed E-state index contributed by atoms with van der Waals surface area (Å²) in [5.74, 6) is 0. The third kappa shape index (κ3) is 8.21. The van der Waals surface area contributed by atoms with E-state index in [0.717, 1.165) is 0 Å². The molecule has 0 saturated carbocycles. The van der Waals surface area contributed by atoms with Crippen LogP contribution in [0.2, 0.25) is 0 Å². The molecule has 5 rings (SSSR count). The van der Waals surface area contributed by atoms with Crippen LogP contribution in [0.1, 0.15) is 115 Å². The van der Waals surface area contributed by atoms with Crippen molar-refractivity contribution in [3.63, 3.8) is 0 Å². The van der Waals surface area contributed by atoms with E-state index in [-0.39, 0.29) is 0 Å². The van der Waals surface area contributed by atoms with Crippen LogP contribution >= 0.6 is 105 Å². The van der Waals surface area contributed by atoms with E-state index in [2.05, 4.69) is 65.9 Å². The van der Waals surface area contributed by atoms with E-state index in [9.17, 15) is 0 Å². The molecule has 0 radical (unpaired) electrons. The van der Waals surface area contributed by atoms with Crippen molar-refractivity contribution in [1.82, 2.24) is 0 Å². The number of unbranched alkanes of at least 4 members (excludes halogenated alkanes) is 7. The number of hydrogen-bond donors (Lipinski definition) is 0. The van der Waals surface area contributed by atoms with Crippen LogP contribution in [0.15, 0.2) is 52.4 Å². The highest BCUT2D eigenvalue weighted by atomic mass is 32.2. The predicted molar refractivity (Wildman–Crippen MR) is 207 cm³/mol. The molecule has 0 amide bonds. The van der Waals surface area contributed by atoms with E-state index < -0.39 is 0 Å². The maximum Gasteiger partial charge on any atom is 0.0703 e. The van der Waals surface area contributed by atoms with Crippen molar-refractivity contribution in [3.05, 3.63) is 67.8 Å². The molecule has 0 spiro atoms. The van der Waals surface area contributed by atoms with Gasteiger partial charge in [-0.15, -0.1) is 11.3 Å². The van der Waals surface area contributed by atoms with E-state index in [1.54, 1.807) is 5.56 Å². The van der Waals surface area contributed by atoms with E-state index in [0.29, 0.717) is 0 Å². The summed E-state index contributed by atoms with van der Waals surface area (Å²) in [6, 6.07) is 2.57. The van der Waals surface area contributed by atoms with Gasteiger partial charge in [-0.2, -0.15) is 0 Å². The Hall–Kier alpha value is 0.940. The molecule has 0 N–H and O–H groups in total. The zero-order valence-electron chi connectivity index (χ0n) is 25.1. The smallest absolute Gasteiger partial charge is 0.0703 e. The van der Waals surface area contributed by atoms with Crippen LogP contribution in [0, 0.1) is 0 Å². The second-order valence-corrected chi connectivity index (χ2v) is 22.1. The van der Waals surface area contributed by atoms with Gasteiger partial charge in [0.1, 0.15) is 0 Å². The van der Waals surface area contributed by atoms with Crippen molar-refractivity contribution < 1.29 is 0 Å². The summed E-state index contributed by atoms with van der Waals surface area (Å²) in [4.78, 5) is 14.8. The van der Waals surface area contributed by atoms with Gasteiger partial charge < -0.3 is 0 Å². The molecular formula is C32H40S9. The fourth-order valence-corrected chi connectivity index (χ4v) is 17.4. The average Bonchev–Trinajstić information content (AvgIpc) is 3.75. The number of aryl methyl sites for hydroxylation is 1. The molecule has 41 heavy (non-hydrogen) atoms. The number of thiophene rings is 1. The van der Waals surface area contributed by atoms with Gasteiger partial charge >= 0.3 is 0 Å². The van der Waals surface area contributed by atoms with Gasteiger partial charge in [0.15, 0.2) is 0 Å². The number of rotatable bonds is 11. The van der Waals surface area contributed by atoms with Crippen molar-refractivity contribution in [2.45, 2.75) is 106 Å². The van der Waals surface area contributed by atoms with Gasteiger partial charge in [0.05, 0.1) is 16.9 Å². The summed E-state index contributed by atoms with van der Waals surface area (Å²) < 4.78 is 5.92. The van der Waals surface area contributed by atoms with Crippen LogP contribution in [0.3, 0.4) is 0 Å². The summed E-state index contributed by atoms with van der Waals surface area (Å²) in [7, 11) is 0. The van der Waals surface area contributed by atoms with Crippen LogP contribution in [0.5, 0.6) is 0 Å². The van der Waals surface area contributed by atoms with Crippen LogP contribution < -0.4 is 0 Å². The Morgan fingerprint density at radius 2 is 0.878 bits per heavy atom. The molecule has 0 bridgehead atoms. The van der Waals surface area contributed by atoms with Crippen LogP contribution in [0.4, 0.5) is 0 Å². The lowest BCUT2D eigenvalue weighted by Gasteiger charge is -2.06. The van der Waals surface area contributed by atoms with Gasteiger partial charge in [0, 0.05) is 29.4 Å². The van der Waals surface area contributed by atoms with E-state index in [1.165, 1.54) is 124 Å². The molecular weight excluding hydrogens is 673 g/mol. The molecule has 0 saturated heterocycles. The Morgan fingerprint density at radius 3 is 1.41 bits per heavy atom. The third-order valence-electron chi connectivity index (χ3n) is 7.37. The van der Waals surface area contributed by atoms with Gasteiger partial charge in [0.25, 0.3) is 0 Å². The first kappa shape index (κ1) is 33.3. The van der Waals surface area contributed by atoms with E-state index >= 15 is 0 Å². The van der Waals surface area contributed by atoms with Crippen LogP contribution in [0.25, 0.3) is 9.81 Å². The lowest BCUT2D eigenvalue weighted by molar-refractivity contribution is 0.575. The number of thioether (sulfide) groups is 8. The molecule has 0 aromatic carbocycles. The Balaban J connectivity index is 1.34. The Morgan fingerprint density at radius 1 is 0.463 bits per heavy atom. The fourth-order valence-electron chi connectivity index (χ4n) is 4.76. The third-order valence-corrected chi connectivity index (χ3v) is 20.4. The summed E-state index contributed by atoms with van der Waals surface area (Å²) >= 11 is 18.0. The molecule has 4 aliphatic rings. The quantitative estimate of drug-likeness (QED) is 0.205. The molecule has 4 aliphatic heterocycles. The summed E-state index contributed by atoms with van der Waals surface area (Å²) in [6.45, 7) is 16.0. The second kappa shape index (κ2) is 15.5. The lowest BCUT2D eigenvalue weighted by atomic mass is 10.0. The highest BCUT2D eigenvalue weighted by Crippen LogP contribution is 2.65. The molecule has 0 aliphatic carbocycles. The minimum atomic E-state index is 1.20. The van der Waals surface area contributed by atoms with Crippen LogP contribution in [-0.2, 0) is 6.42 Å². The summed E-state index contributed by atoms with van der Waals surface area (Å²) in [5, 5.41) is 0. The molecule has 1 aromatic heterocycles. The Kier molecular flexibility index (Phi) is 12.6. The zero-order chi connectivity index (χ0) is 29.1. The summed E-state index contributed by atoms with van der Waals surface area (Å²) in [5.41, 5.74) is 1.58. The van der Waals surface area contributed by atoms with Gasteiger partial charge in [-0.25, -0.2) is 0 Å². The van der Waals surface area contributed by atoms with Gasteiger partial charge in [-0.1, -0.05) is 146 Å². The maximum absolute atomic E-state index is 2.57. The molecule has 0 unspecified atom stereocenters. The van der Waals surface area contributed by atoms with Gasteiger partial charge in [-0.3, -0.25) is 0 Å². The number of hydrogen-bond acceptors (Lipinski definition) is 9.